The van der Waals surface area contributed by atoms with Gasteiger partial charge < -0.3 is 24.4 Å². The second-order valence-electron chi connectivity index (χ2n) is 10.4. The molecule has 1 unspecified atom stereocenters. The first-order valence-electron chi connectivity index (χ1n) is 14.2. The molecule has 5 rings (SSSR count). The number of benzene rings is 3. The lowest BCUT2D eigenvalue weighted by Gasteiger charge is -2.32. The van der Waals surface area contributed by atoms with Gasteiger partial charge in [-0.2, -0.15) is 0 Å². The Labute approximate surface area is 256 Å². The Hall–Kier alpha value is -3.38. The highest BCUT2D eigenvalue weighted by atomic mass is 35.5. The summed E-state index contributed by atoms with van der Waals surface area (Å²) in [5.41, 5.74) is -1.21. The van der Waals surface area contributed by atoms with Gasteiger partial charge in [-0.1, -0.05) is 29.8 Å². The van der Waals surface area contributed by atoms with Gasteiger partial charge in [0.05, 0.1) is 36.4 Å². The summed E-state index contributed by atoms with van der Waals surface area (Å²) in [7, 11) is -1.73. The molecule has 230 valence electrons. The van der Waals surface area contributed by atoms with Crippen molar-refractivity contribution in [2.24, 2.45) is 0 Å². The van der Waals surface area contributed by atoms with E-state index in [1.54, 1.807) is 13.0 Å². The van der Waals surface area contributed by atoms with E-state index in [2.05, 4.69) is 10.2 Å². The summed E-state index contributed by atoms with van der Waals surface area (Å²) < 4.78 is 61.6. The van der Waals surface area contributed by atoms with Crippen LogP contribution in [0.3, 0.4) is 0 Å². The predicted molar refractivity (Wildman–Crippen MR) is 163 cm³/mol. The number of rotatable bonds is 11. The van der Waals surface area contributed by atoms with Crippen molar-refractivity contribution >= 4 is 33.2 Å². The Bertz CT molecular complexity index is 1610. The van der Waals surface area contributed by atoms with E-state index < -0.39 is 27.2 Å². The summed E-state index contributed by atoms with van der Waals surface area (Å²) in [5.74, 6) is -0.662. The number of sulfonamides is 1. The number of halogens is 2. The average Bonchev–Trinajstić information content (AvgIpc) is 3.25. The van der Waals surface area contributed by atoms with E-state index >= 15 is 4.39 Å². The van der Waals surface area contributed by atoms with Gasteiger partial charge in [-0.25, -0.2) is 17.1 Å². The van der Waals surface area contributed by atoms with Crippen molar-refractivity contribution in [3.63, 3.8) is 0 Å². The van der Waals surface area contributed by atoms with Crippen LogP contribution in [-0.4, -0.2) is 72.8 Å². The third kappa shape index (κ3) is 5.55. The molecule has 1 atom stereocenters. The molecule has 9 nitrogen and oxygen atoms in total. The zero-order chi connectivity index (χ0) is 30.8. The number of carbonyl (C=O) groups is 1. The SMILES string of the molecule is CCOc1ccc(S(=O)(=O)N2C(=O)C(CCCN3CCNCC3)(c3ccccc3F)c3cc(Cl)c(OC)cc32)cc1OC. The van der Waals surface area contributed by atoms with Crippen LogP contribution in [0.2, 0.25) is 5.02 Å². The quantitative estimate of drug-likeness (QED) is 0.328. The molecule has 43 heavy (non-hydrogen) atoms. The van der Waals surface area contributed by atoms with Gasteiger partial charge in [0, 0.05) is 43.9 Å². The Morgan fingerprint density at radius 3 is 2.37 bits per heavy atom. The van der Waals surface area contributed by atoms with Gasteiger partial charge in [0.2, 0.25) is 0 Å². The van der Waals surface area contributed by atoms with E-state index in [0.717, 1.165) is 30.5 Å². The van der Waals surface area contributed by atoms with E-state index in [0.29, 0.717) is 30.9 Å². The Morgan fingerprint density at radius 2 is 1.70 bits per heavy atom. The zero-order valence-corrected chi connectivity index (χ0v) is 25.9. The van der Waals surface area contributed by atoms with Crippen molar-refractivity contribution in [3.8, 4) is 17.2 Å². The van der Waals surface area contributed by atoms with Gasteiger partial charge in [-0.15, -0.1) is 0 Å². The number of fused-ring (bicyclic) bond motifs is 1. The highest BCUT2D eigenvalue weighted by molar-refractivity contribution is 7.93. The van der Waals surface area contributed by atoms with E-state index in [4.69, 9.17) is 25.8 Å². The summed E-state index contributed by atoms with van der Waals surface area (Å²) >= 11 is 6.59. The molecule has 0 bridgehead atoms. The largest absolute Gasteiger partial charge is 0.495 e. The minimum Gasteiger partial charge on any atom is -0.495 e. The van der Waals surface area contributed by atoms with Crippen LogP contribution in [0.5, 0.6) is 17.2 Å². The fourth-order valence-corrected chi connectivity index (χ4v) is 7.71. The normalized spacial score (nSPS) is 18.9. The predicted octanol–water partition coefficient (Wildman–Crippen LogP) is 4.60. The third-order valence-electron chi connectivity index (χ3n) is 8.04. The molecule has 1 saturated heterocycles. The van der Waals surface area contributed by atoms with Crippen LogP contribution in [0.4, 0.5) is 10.1 Å². The minimum atomic E-state index is -4.53. The summed E-state index contributed by atoms with van der Waals surface area (Å²) in [6, 6.07) is 13.1. The molecule has 0 aliphatic carbocycles. The van der Waals surface area contributed by atoms with Crippen LogP contribution in [0, 0.1) is 5.82 Å². The molecule has 0 spiro atoms. The lowest BCUT2D eigenvalue weighted by molar-refractivity contribution is -0.121. The van der Waals surface area contributed by atoms with Gasteiger partial charge in [-0.05, 0) is 56.1 Å². The maximum Gasteiger partial charge on any atom is 0.271 e. The summed E-state index contributed by atoms with van der Waals surface area (Å²) in [4.78, 5) is 16.9. The molecule has 2 aliphatic heterocycles. The number of anilines is 1. The number of nitrogens with one attached hydrogen (secondary N) is 1. The molecule has 0 radical (unpaired) electrons. The van der Waals surface area contributed by atoms with E-state index in [9.17, 15) is 13.2 Å². The molecule has 2 heterocycles. The molecule has 12 heteroatoms. The van der Waals surface area contributed by atoms with Crippen molar-refractivity contribution in [3.05, 3.63) is 76.6 Å². The molecule has 3 aromatic rings. The van der Waals surface area contributed by atoms with Gasteiger partial charge >= 0.3 is 0 Å². The first kappa shape index (κ1) is 31.1. The number of amides is 1. The van der Waals surface area contributed by atoms with Crippen LogP contribution in [0.25, 0.3) is 0 Å². The van der Waals surface area contributed by atoms with E-state index in [1.807, 2.05) is 0 Å². The summed E-state index contributed by atoms with van der Waals surface area (Å²) in [5, 5.41) is 3.50. The number of methoxy groups -OCH3 is 2. The van der Waals surface area contributed by atoms with E-state index in [-0.39, 0.29) is 39.1 Å². The van der Waals surface area contributed by atoms with Crippen LogP contribution in [-0.2, 0) is 20.2 Å². The third-order valence-corrected chi connectivity index (χ3v) is 10.0. The monoisotopic (exact) mass is 631 g/mol. The molecule has 0 saturated carbocycles. The molecule has 1 amide bonds. The van der Waals surface area contributed by atoms with E-state index in [1.165, 1.54) is 62.8 Å². The number of ether oxygens (including phenoxy) is 3. The van der Waals surface area contributed by atoms with Crippen LogP contribution in [0.15, 0.2) is 59.5 Å². The first-order chi connectivity index (χ1) is 20.7. The molecular formula is C31H35ClFN3O6S. The number of hydrogen-bond acceptors (Lipinski definition) is 8. The minimum absolute atomic E-state index is 0.0597. The first-order valence-corrected chi connectivity index (χ1v) is 16.0. The van der Waals surface area contributed by atoms with Gasteiger partial charge in [0.25, 0.3) is 15.9 Å². The molecule has 3 aromatic carbocycles. The maximum atomic E-state index is 15.7. The number of piperazine rings is 1. The zero-order valence-electron chi connectivity index (χ0n) is 24.4. The number of hydrogen-bond donors (Lipinski definition) is 1. The fourth-order valence-electron chi connectivity index (χ4n) is 5.98. The lowest BCUT2D eigenvalue weighted by Crippen LogP contribution is -2.46. The molecule has 2 aliphatic rings. The van der Waals surface area contributed by atoms with Crippen LogP contribution < -0.4 is 23.8 Å². The highest BCUT2D eigenvalue weighted by Gasteiger charge is 2.57. The van der Waals surface area contributed by atoms with Crippen molar-refractivity contribution in [2.75, 3.05) is 57.9 Å². The standard InChI is InChI=1S/C31H35ClFN3O6S/c1-4-42-27-11-10-21(18-29(27)41-3)43(38,39)36-26-20-28(40-2)24(32)19-23(26)31(30(36)37,22-8-5-6-9-25(22)33)12-7-15-35-16-13-34-14-17-35/h5-6,8-11,18-20,34H,4,7,12-17H2,1-3H3. The smallest absolute Gasteiger partial charge is 0.271 e. The second kappa shape index (κ2) is 12.7. The topological polar surface area (TPSA) is 97.4 Å². The number of carbonyl (C=O) groups excluding carboxylic acids is 1. The van der Waals surface area contributed by atoms with Crippen LogP contribution in [0.1, 0.15) is 30.9 Å². The Balaban J connectivity index is 1.68. The fraction of sp³-hybridized carbons (Fsp3) is 0.387. The van der Waals surface area contributed by atoms with Gasteiger partial charge in [0.1, 0.15) is 17.0 Å². The van der Waals surface area contributed by atoms with Crippen molar-refractivity contribution in [1.29, 1.82) is 0 Å². The van der Waals surface area contributed by atoms with Gasteiger partial charge in [-0.3, -0.25) is 4.79 Å². The van der Waals surface area contributed by atoms with Crippen molar-refractivity contribution in [1.82, 2.24) is 10.2 Å². The molecule has 1 N–H and O–H groups in total. The molecule has 1 fully saturated rings. The second-order valence-corrected chi connectivity index (χ2v) is 12.6. The maximum absolute atomic E-state index is 15.7. The summed E-state index contributed by atoms with van der Waals surface area (Å²) in [6.45, 7) is 6.21. The van der Waals surface area contributed by atoms with Crippen molar-refractivity contribution < 1.29 is 31.8 Å². The Morgan fingerprint density at radius 1 is 0.977 bits per heavy atom. The lowest BCUT2D eigenvalue weighted by atomic mass is 9.72. The average molecular weight is 632 g/mol. The Kier molecular flexibility index (Phi) is 9.17. The van der Waals surface area contributed by atoms with Gasteiger partial charge in [0.15, 0.2) is 11.5 Å². The van der Waals surface area contributed by atoms with Crippen LogP contribution >= 0.6 is 11.6 Å². The molecular weight excluding hydrogens is 597 g/mol. The molecule has 0 aromatic heterocycles. The van der Waals surface area contributed by atoms with Crippen molar-refractivity contribution in [2.45, 2.75) is 30.1 Å². The summed E-state index contributed by atoms with van der Waals surface area (Å²) in [6.07, 6.45) is 0.666. The highest BCUT2D eigenvalue weighted by Crippen LogP contribution is 2.54. The number of nitrogens with zero attached hydrogens (tertiary/aromatic N) is 2.